The van der Waals surface area contributed by atoms with Gasteiger partial charge in [0, 0.05) is 11.1 Å². The first kappa shape index (κ1) is 16.9. The third-order valence-electron chi connectivity index (χ3n) is 4.44. The number of rotatable bonds is 4. The van der Waals surface area contributed by atoms with Crippen molar-refractivity contribution in [3.8, 4) is 34.1 Å². The van der Waals surface area contributed by atoms with Crippen LogP contribution in [0.4, 0.5) is 0 Å². The summed E-state index contributed by atoms with van der Waals surface area (Å²) in [5, 5.41) is 19.4. The molecule has 0 saturated carbocycles. The van der Waals surface area contributed by atoms with Crippen LogP contribution in [0.15, 0.2) is 47.1 Å². The zero-order valence-electron chi connectivity index (χ0n) is 14.8. The van der Waals surface area contributed by atoms with Crippen LogP contribution in [0.3, 0.4) is 0 Å². The topological polar surface area (TPSA) is 57.2 Å². The number of phenols is 1. The Balaban J connectivity index is 2.35. The molecule has 25 heavy (non-hydrogen) atoms. The Morgan fingerprint density at radius 1 is 1.08 bits per heavy atom. The highest BCUT2D eigenvalue weighted by Crippen LogP contribution is 2.40. The third kappa shape index (κ3) is 3.16. The largest absolute Gasteiger partial charge is 0.508 e. The van der Waals surface area contributed by atoms with E-state index in [1.54, 1.807) is 18.4 Å². The first-order chi connectivity index (χ1) is 12.0. The summed E-state index contributed by atoms with van der Waals surface area (Å²) in [5.74, 6) is 1.03. The highest BCUT2D eigenvalue weighted by Gasteiger charge is 2.20. The van der Waals surface area contributed by atoms with Crippen LogP contribution < -0.4 is 0 Å². The van der Waals surface area contributed by atoms with Gasteiger partial charge in [-0.25, -0.2) is 0 Å². The minimum atomic E-state index is 0.228. The van der Waals surface area contributed by atoms with Crippen LogP contribution in [0.1, 0.15) is 35.8 Å². The lowest BCUT2D eigenvalue weighted by molar-refractivity contribution is 0.475. The number of hydrogen-bond acceptors (Lipinski definition) is 3. The summed E-state index contributed by atoms with van der Waals surface area (Å²) in [7, 11) is 0. The van der Waals surface area contributed by atoms with Crippen molar-refractivity contribution in [1.29, 1.82) is 5.26 Å². The molecule has 0 aliphatic heterocycles. The third-order valence-corrected chi connectivity index (χ3v) is 4.44. The summed E-state index contributed by atoms with van der Waals surface area (Å²) in [6, 6.07) is 13.6. The molecule has 126 valence electrons. The van der Waals surface area contributed by atoms with Gasteiger partial charge in [-0.05, 0) is 60.7 Å². The lowest BCUT2D eigenvalue weighted by Gasteiger charge is -2.15. The SMILES string of the molecule is CCCc1cc(C#N)c(-c2c(C)coc2C)c(-c2ccc(O)cc2)c1. The van der Waals surface area contributed by atoms with Crippen molar-refractivity contribution in [2.45, 2.75) is 33.6 Å². The van der Waals surface area contributed by atoms with Crippen LogP contribution >= 0.6 is 0 Å². The van der Waals surface area contributed by atoms with Crippen LogP contribution in [0.2, 0.25) is 0 Å². The molecule has 2 aromatic carbocycles. The van der Waals surface area contributed by atoms with Gasteiger partial charge in [-0.3, -0.25) is 0 Å². The highest BCUT2D eigenvalue weighted by molar-refractivity contribution is 5.90. The van der Waals surface area contributed by atoms with Crippen molar-refractivity contribution in [1.82, 2.24) is 0 Å². The lowest BCUT2D eigenvalue weighted by atomic mass is 9.87. The average Bonchev–Trinajstić information content (AvgIpc) is 2.94. The predicted molar refractivity (Wildman–Crippen MR) is 99.4 cm³/mol. The van der Waals surface area contributed by atoms with E-state index in [4.69, 9.17) is 4.42 Å². The van der Waals surface area contributed by atoms with Crippen LogP contribution in [-0.4, -0.2) is 5.11 Å². The Labute approximate surface area is 148 Å². The van der Waals surface area contributed by atoms with E-state index in [1.807, 2.05) is 32.0 Å². The molecule has 1 N–H and O–H groups in total. The molecule has 3 aromatic rings. The first-order valence-corrected chi connectivity index (χ1v) is 8.46. The van der Waals surface area contributed by atoms with Crippen LogP contribution in [0.25, 0.3) is 22.3 Å². The van der Waals surface area contributed by atoms with E-state index < -0.39 is 0 Å². The van der Waals surface area contributed by atoms with Gasteiger partial charge in [0.1, 0.15) is 11.5 Å². The summed E-state index contributed by atoms with van der Waals surface area (Å²) in [5.41, 5.74) is 6.65. The van der Waals surface area contributed by atoms with Crippen molar-refractivity contribution in [2.75, 3.05) is 0 Å². The number of aryl methyl sites for hydroxylation is 3. The second kappa shape index (κ2) is 6.86. The first-order valence-electron chi connectivity index (χ1n) is 8.46. The van der Waals surface area contributed by atoms with Gasteiger partial charge in [0.25, 0.3) is 0 Å². The maximum Gasteiger partial charge on any atom is 0.115 e. The fourth-order valence-electron chi connectivity index (χ4n) is 3.31. The number of nitrogens with zero attached hydrogens (tertiary/aromatic N) is 1. The fraction of sp³-hybridized carbons (Fsp3) is 0.227. The van der Waals surface area contributed by atoms with Gasteiger partial charge in [-0.2, -0.15) is 5.26 Å². The van der Waals surface area contributed by atoms with Crippen molar-refractivity contribution >= 4 is 0 Å². The molecule has 0 atom stereocenters. The van der Waals surface area contributed by atoms with Gasteiger partial charge < -0.3 is 9.52 Å². The van der Waals surface area contributed by atoms with Crippen molar-refractivity contribution in [3.63, 3.8) is 0 Å². The van der Waals surface area contributed by atoms with Crippen molar-refractivity contribution < 1.29 is 9.52 Å². The van der Waals surface area contributed by atoms with E-state index in [2.05, 4.69) is 19.1 Å². The summed E-state index contributed by atoms with van der Waals surface area (Å²) in [4.78, 5) is 0. The van der Waals surface area contributed by atoms with Gasteiger partial charge in [-0.15, -0.1) is 0 Å². The zero-order chi connectivity index (χ0) is 18.0. The quantitative estimate of drug-likeness (QED) is 0.661. The van der Waals surface area contributed by atoms with Gasteiger partial charge >= 0.3 is 0 Å². The number of furan rings is 1. The summed E-state index contributed by atoms with van der Waals surface area (Å²) >= 11 is 0. The summed E-state index contributed by atoms with van der Waals surface area (Å²) in [6.45, 7) is 6.04. The molecule has 0 amide bonds. The normalized spacial score (nSPS) is 10.6. The molecular formula is C22H21NO2. The molecule has 0 unspecified atom stereocenters. The van der Waals surface area contributed by atoms with Crippen molar-refractivity contribution in [2.24, 2.45) is 0 Å². The molecule has 3 rings (SSSR count). The molecule has 0 saturated heterocycles. The van der Waals surface area contributed by atoms with E-state index in [0.717, 1.165) is 52.0 Å². The minimum Gasteiger partial charge on any atom is -0.508 e. The molecule has 3 nitrogen and oxygen atoms in total. The van der Waals surface area contributed by atoms with Crippen LogP contribution in [0, 0.1) is 25.2 Å². The van der Waals surface area contributed by atoms with Crippen molar-refractivity contribution in [3.05, 3.63) is 65.1 Å². The molecule has 1 aromatic heterocycles. The van der Waals surface area contributed by atoms with Gasteiger partial charge in [0.05, 0.1) is 17.9 Å². The van der Waals surface area contributed by atoms with E-state index in [9.17, 15) is 10.4 Å². The Bertz CT molecular complexity index is 924. The molecular weight excluding hydrogens is 310 g/mol. The standard InChI is InChI=1S/C22H21NO2/c1-4-5-16-10-18(12-23)22(21-14(2)13-25-15(21)3)20(11-16)17-6-8-19(24)9-7-17/h6-11,13,24H,4-5H2,1-3H3. The molecule has 0 fully saturated rings. The maximum atomic E-state index is 9.79. The van der Waals surface area contributed by atoms with E-state index in [1.165, 1.54) is 0 Å². The minimum absolute atomic E-state index is 0.228. The number of nitriles is 1. The lowest BCUT2D eigenvalue weighted by Crippen LogP contribution is -1.96. The molecule has 3 heteroatoms. The average molecular weight is 331 g/mol. The molecule has 0 aliphatic rings. The fourth-order valence-corrected chi connectivity index (χ4v) is 3.31. The Kier molecular flexibility index (Phi) is 4.63. The van der Waals surface area contributed by atoms with E-state index >= 15 is 0 Å². The van der Waals surface area contributed by atoms with Crippen LogP contribution in [0.5, 0.6) is 5.75 Å². The van der Waals surface area contributed by atoms with Gasteiger partial charge in [-0.1, -0.05) is 31.5 Å². The Morgan fingerprint density at radius 3 is 2.36 bits per heavy atom. The molecule has 0 radical (unpaired) electrons. The number of phenolic OH excluding ortho intramolecular Hbond substituents is 1. The molecule has 0 aliphatic carbocycles. The van der Waals surface area contributed by atoms with E-state index in [-0.39, 0.29) is 5.75 Å². The number of hydrogen-bond donors (Lipinski definition) is 1. The Hall–Kier alpha value is -2.99. The van der Waals surface area contributed by atoms with Gasteiger partial charge in [0.2, 0.25) is 0 Å². The predicted octanol–water partition coefficient (Wildman–Crippen LogP) is 5.76. The van der Waals surface area contributed by atoms with Gasteiger partial charge in [0.15, 0.2) is 0 Å². The monoisotopic (exact) mass is 331 g/mol. The zero-order valence-corrected chi connectivity index (χ0v) is 14.8. The second-order valence-corrected chi connectivity index (χ2v) is 6.32. The molecule has 1 heterocycles. The maximum absolute atomic E-state index is 9.79. The summed E-state index contributed by atoms with van der Waals surface area (Å²) in [6.07, 6.45) is 3.67. The summed E-state index contributed by atoms with van der Waals surface area (Å²) < 4.78 is 5.59. The van der Waals surface area contributed by atoms with E-state index in [0.29, 0.717) is 5.56 Å². The number of benzene rings is 2. The molecule has 0 bridgehead atoms. The Morgan fingerprint density at radius 2 is 1.80 bits per heavy atom. The van der Waals surface area contributed by atoms with Crippen LogP contribution in [-0.2, 0) is 6.42 Å². The number of aromatic hydroxyl groups is 1. The smallest absolute Gasteiger partial charge is 0.115 e. The highest BCUT2D eigenvalue weighted by atomic mass is 16.3. The second-order valence-electron chi connectivity index (χ2n) is 6.32. The molecule has 0 spiro atoms.